The highest BCUT2D eigenvalue weighted by atomic mass is 19.4. The highest BCUT2D eigenvalue weighted by molar-refractivity contribution is 5.31. The Labute approximate surface area is 98.3 Å². The molecule has 1 aromatic rings. The SMILES string of the molecule is N[C@H](CC(F)F)c1ccc(OC(F)(F)F)c(F)c1. The van der Waals surface area contributed by atoms with Crippen molar-refractivity contribution in [2.75, 3.05) is 0 Å². The van der Waals surface area contributed by atoms with E-state index in [0.717, 1.165) is 6.07 Å². The summed E-state index contributed by atoms with van der Waals surface area (Å²) in [4.78, 5) is 0. The van der Waals surface area contributed by atoms with Crippen LogP contribution in [0.4, 0.5) is 26.3 Å². The largest absolute Gasteiger partial charge is 0.573 e. The second kappa shape index (κ2) is 5.47. The van der Waals surface area contributed by atoms with Crippen molar-refractivity contribution in [2.45, 2.75) is 25.3 Å². The Kier molecular flexibility index (Phi) is 4.44. The van der Waals surface area contributed by atoms with Crippen LogP contribution in [-0.2, 0) is 0 Å². The molecule has 8 heteroatoms. The van der Waals surface area contributed by atoms with Crippen molar-refractivity contribution in [3.8, 4) is 5.75 Å². The Bertz CT molecular complexity index is 406. The van der Waals surface area contributed by atoms with Crippen LogP contribution in [0, 0.1) is 5.82 Å². The minimum Gasteiger partial charge on any atom is -0.403 e. The van der Waals surface area contributed by atoms with Gasteiger partial charge in [-0.05, 0) is 17.7 Å². The van der Waals surface area contributed by atoms with E-state index in [1.165, 1.54) is 0 Å². The van der Waals surface area contributed by atoms with E-state index in [-0.39, 0.29) is 5.56 Å². The molecule has 0 unspecified atom stereocenters. The van der Waals surface area contributed by atoms with E-state index in [0.29, 0.717) is 12.1 Å². The van der Waals surface area contributed by atoms with Gasteiger partial charge in [0.2, 0.25) is 6.43 Å². The average molecular weight is 273 g/mol. The minimum atomic E-state index is -5.02. The molecule has 0 aliphatic heterocycles. The van der Waals surface area contributed by atoms with Gasteiger partial charge >= 0.3 is 6.36 Å². The molecule has 1 atom stereocenters. The van der Waals surface area contributed by atoms with Crippen molar-refractivity contribution in [1.82, 2.24) is 0 Å². The number of rotatable bonds is 4. The lowest BCUT2D eigenvalue weighted by molar-refractivity contribution is -0.275. The van der Waals surface area contributed by atoms with E-state index in [4.69, 9.17) is 5.73 Å². The third-order valence-electron chi connectivity index (χ3n) is 2.04. The second-order valence-electron chi connectivity index (χ2n) is 3.47. The molecule has 1 aromatic carbocycles. The first-order valence-electron chi connectivity index (χ1n) is 4.78. The molecule has 2 nitrogen and oxygen atoms in total. The summed E-state index contributed by atoms with van der Waals surface area (Å²) in [6.07, 6.45) is -8.42. The molecular weight excluding hydrogens is 264 g/mol. The Balaban J connectivity index is 2.85. The number of nitrogens with two attached hydrogens (primary N) is 1. The standard InChI is InChI=1S/C10H9F6NO/c11-6-3-5(7(17)4-9(12)13)1-2-8(6)18-10(14,15)16/h1-3,7,9H,4,17H2/t7-/m1/s1. The number of halogens is 6. The molecule has 0 aliphatic carbocycles. The molecule has 0 amide bonds. The average Bonchev–Trinajstić information content (AvgIpc) is 2.18. The third-order valence-corrected chi connectivity index (χ3v) is 2.04. The van der Waals surface area contributed by atoms with Crippen LogP contribution in [-0.4, -0.2) is 12.8 Å². The predicted molar refractivity (Wildman–Crippen MR) is 50.6 cm³/mol. The second-order valence-corrected chi connectivity index (χ2v) is 3.47. The van der Waals surface area contributed by atoms with Crippen LogP contribution < -0.4 is 10.5 Å². The van der Waals surface area contributed by atoms with E-state index in [1.807, 2.05) is 0 Å². The van der Waals surface area contributed by atoms with Crippen LogP contribution in [0.5, 0.6) is 5.75 Å². The Morgan fingerprint density at radius 1 is 1.22 bits per heavy atom. The van der Waals surface area contributed by atoms with Crippen LogP contribution in [0.3, 0.4) is 0 Å². The van der Waals surface area contributed by atoms with E-state index >= 15 is 0 Å². The molecule has 0 saturated heterocycles. The summed E-state index contributed by atoms with van der Waals surface area (Å²) in [5, 5.41) is 0. The zero-order valence-electron chi connectivity index (χ0n) is 8.85. The van der Waals surface area contributed by atoms with Crippen molar-refractivity contribution in [3.05, 3.63) is 29.6 Å². The molecule has 0 aliphatic rings. The number of hydrogen-bond acceptors (Lipinski definition) is 2. The number of ether oxygens (including phenoxy) is 1. The molecule has 0 fully saturated rings. The van der Waals surface area contributed by atoms with Crippen molar-refractivity contribution in [1.29, 1.82) is 0 Å². The predicted octanol–water partition coefficient (Wildman–Crippen LogP) is 3.38. The fourth-order valence-corrected chi connectivity index (χ4v) is 1.28. The van der Waals surface area contributed by atoms with Crippen LogP contribution in [0.15, 0.2) is 18.2 Å². The van der Waals surface area contributed by atoms with Crippen molar-refractivity contribution in [2.24, 2.45) is 5.73 Å². The van der Waals surface area contributed by atoms with Crippen molar-refractivity contribution >= 4 is 0 Å². The summed E-state index contributed by atoms with van der Waals surface area (Å²) < 4.78 is 76.2. The summed E-state index contributed by atoms with van der Waals surface area (Å²) in [6, 6.07) is 1.20. The lowest BCUT2D eigenvalue weighted by atomic mass is 10.0. The molecule has 1 rings (SSSR count). The van der Waals surface area contributed by atoms with Gasteiger partial charge in [0.15, 0.2) is 11.6 Å². The Morgan fingerprint density at radius 2 is 1.83 bits per heavy atom. The van der Waals surface area contributed by atoms with Gasteiger partial charge in [0, 0.05) is 12.5 Å². The van der Waals surface area contributed by atoms with Gasteiger partial charge in [-0.15, -0.1) is 13.2 Å². The first-order chi connectivity index (χ1) is 8.19. The zero-order chi connectivity index (χ0) is 13.9. The molecular formula is C10H9F6NO. The van der Waals surface area contributed by atoms with Gasteiger partial charge in [0.05, 0.1) is 0 Å². The molecule has 18 heavy (non-hydrogen) atoms. The highest BCUT2D eigenvalue weighted by Gasteiger charge is 2.32. The topological polar surface area (TPSA) is 35.2 Å². The zero-order valence-corrected chi connectivity index (χ0v) is 8.85. The van der Waals surface area contributed by atoms with Crippen molar-refractivity contribution in [3.63, 3.8) is 0 Å². The van der Waals surface area contributed by atoms with Gasteiger partial charge < -0.3 is 10.5 Å². The van der Waals surface area contributed by atoms with Gasteiger partial charge in [0.25, 0.3) is 0 Å². The summed E-state index contributed by atoms with van der Waals surface area (Å²) in [6.45, 7) is 0. The van der Waals surface area contributed by atoms with Gasteiger partial charge in [0.1, 0.15) is 0 Å². The third kappa shape index (κ3) is 4.44. The van der Waals surface area contributed by atoms with E-state index in [2.05, 4.69) is 4.74 Å². The quantitative estimate of drug-likeness (QED) is 0.853. The maximum Gasteiger partial charge on any atom is 0.573 e. The van der Waals surface area contributed by atoms with E-state index < -0.39 is 36.8 Å². The molecule has 0 bridgehead atoms. The molecule has 0 heterocycles. The maximum absolute atomic E-state index is 13.2. The molecule has 0 radical (unpaired) electrons. The van der Waals surface area contributed by atoms with Gasteiger partial charge in [-0.3, -0.25) is 0 Å². The summed E-state index contributed by atoms with van der Waals surface area (Å²) in [5.41, 5.74) is 5.31. The van der Waals surface area contributed by atoms with Crippen LogP contribution in [0.2, 0.25) is 0 Å². The first-order valence-corrected chi connectivity index (χ1v) is 4.78. The fraction of sp³-hybridized carbons (Fsp3) is 0.400. The summed E-state index contributed by atoms with van der Waals surface area (Å²) in [5.74, 6) is -2.34. The normalized spacial score (nSPS) is 13.8. The summed E-state index contributed by atoms with van der Waals surface area (Å²) in [7, 11) is 0. The molecule has 0 spiro atoms. The first kappa shape index (κ1) is 14.6. The van der Waals surface area contributed by atoms with Crippen molar-refractivity contribution < 1.29 is 31.1 Å². The van der Waals surface area contributed by atoms with Crippen LogP contribution >= 0.6 is 0 Å². The fourth-order valence-electron chi connectivity index (χ4n) is 1.28. The Morgan fingerprint density at radius 3 is 2.28 bits per heavy atom. The van der Waals surface area contributed by atoms with E-state index in [9.17, 15) is 26.3 Å². The van der Waals surface area contributed by atoms with Gasteiger partial charge in [-0.2, -0.15) is 0 Å². The Hall–Kier alpha value is -1.44. The van der Waals surface area contributed by atoms with Crippen LogP contribution in [0.25, 0.3) is 0 Å². The number of hydrogen-bond donors (Lipinski definition) is 1. The molecule has 0 saturated carbocycles. The minimum absolute atomic E-state index is 0.0256. The number of benzene rings is 1. The molecule has 2 N–H and O–H groups in total. The van der Waals surface area contributed by atoms with E-state index in [1.54, 1.807) is 0 Å². The highest BCUT2D eigenvalue weighted by Crippen LogP contribution is 2.28. The molecule has 0 aromatic heterocycles. The lowest BCUT2D eigenvalue weighted by Gasteiger charge is -2.14. The molecule has 102 valence electrons. The van der Waals surface area contributed by atoms with Crippen LogP contribution in [0.1, 0.15) is 18.0 Å². The monoisotopic (exact) mass is 273 g/mol. The number of alkyl halides is 5. The lowest BCUT2D eigenvalue weighted by Crippen LogP contribution is -2.18. The maximum atomic E-state index is 13.2. The van der Waals surface area contributed by atoms with Gasteiger partial charge in [-0.25, -0.2) is 13.2 Å². The summed E-state index contributed by atoms with van der Waals surface area (Å²) >= 11 is 0. The van der Waals surface area contributed by atoms with Gasteiger partial charge in [-0.1, -0.05) is 6.07 Å². The smallest absolute Gasteiger partial charge is 0.403 e.